The molecule has 0 saturated heterocycles. The van der Waals surface area contributed by atoms with Gasteiger partial charge in [-0.1, -0.05) is 24.3 Å². The Hall–Kier alpha value is -3.47. The summed E-state index contributed by atoms with van der Waals surface area (Å²) in [7, 11) is 0. The second kappa shape index (κ2) is 7.27. The first-order valence-corrected chi connectivity index (χ1v) is 9.11. The number of H-pyrrole nitrogens is 1. The minimum atomic E-state index is -0.458. The largest absolute Gasteiger partial charge is 0.505 e. The summed E-state index contributed by atoms with van der Waals surface area (Å²) in [5.41, 5.74) is 3.78. The zero-order valence-corrected chi connectivity index (χ0v) is 15.7. The quantitative estimate of drug-likeness (QED) is 0.544. The smallest absolute Gasteiger partial charge is 0.273 e. The molecule has 2 heterocycles. The number of pyridine rings is 2. The van der Waals surface area contributed by atoms with E-state index in [0.29, 0.717) is 16.6 Å². The Morgan fingerprint density at radius 3 is 2.64 bits per heavy atom. The molecular formula is C23H21FN3O+. The number of fused-ring (bicyclic) bond motifs is 1. The SMILES string of the molecule is Cc1cc[nH+]c(N[C@H](c2cccc(F)c2)c2ccc3ccc(C)nc3c2O)c1. The van der Waals surface area contributed by atoms with Gasteiger partial charge in [0.2, 0.25) is 0 Å². The second-order valence-corrected chi connectivity index (χ2v) is 6.94. The number of aromatic hydroxyl groups is 1. The first-order chi connectivity index (χ1) is 13.5. The summed E-state index contributed by atoms with van der Waals surface area (Å²) in [4.78, 5) is 7.65. The highest BCUT2D eigenvalue weighted by Gasteiger charge is 2.24. The molecule has 4 aromatic rings. The van der Waals surface area contributed by atoms with Crippen molar-refractivity contribution in [1.29, 1.82) is 0 Å². The Kier molecular flexibility index (Phi) is 4.65. The first kappa shape index (κ1) is 17.9. The van der Waals surface area contributed by atoms with Crippen LogP contribution in [0.5, 0.6) is 5.75 Å². The molecule has 28 heavy (non-hydrogen) atoms. The number of anilines is 1. The van der Waals surface area contributed by atoms with Crippen molar-refractivity contribution < 1.29 is 14.5 Å². The van der Waals surface area contributed by atoms with Gasteiger partial charge in [0, 0.05) is 28.3 Å². The number of rotatable bonds is 4. The minimum Gasteiger partial charge on any atom is -0.505 e. The zero-order chi connectivity index (χ0) is 19.7. The molecule has 0 amide bonds. The average molecular weight is 374 g/mol. The average Bonchev–Trinajstić information content (AvgIpc) is 2.67. The molecule has 0 spiro atoms. The third-order valence-corrected chi connectivity index (χ3v) is 4.76. The zero-order valence-electron chi connectivity index (χ0n) is 15.7. The van der Waals surface area contributed by atoms with E-state index in [-0.39, 0.29) is 11.6 Å². The normalized spacial score (nSPS) is 12.1. The molecule has 3 N–H and O–H groups in total. The summed E-state index contributed by atoms with van der Waals surface area (Å²) in [6.45, 7) is 3.88. The van der Waals surface area contributed by atoms with Crippen molar-refractivity contribution in [2.45, 2.75) is 19.9 Å². The van der Waals surface area contributed by atoms with Crippen LogP contribution in [0.4, 0.5) is 10.2 Å². The van der Waals surface area contributed by atoms with Gasteiger partial charge in [-0.3, -0.25) is 5.32 Å². The summed E-state index contributed by atoms with van der Waals surface area (Å²) in [5, 5.41) is 15.2. The highest BCUT2D eigenvalue weighted by Crippen LogP contribution is 2.36. The molecule has 4 rings (SSSR count). The molecule has 0 aliphatic rings. The van der Waals surface area contributed by atoms with E-state index in [9.17, 15) is 9.50 Å². The minimum absolute atomic E-state index is 0.0932. The molecular weight excluding hydrogens is 353 g/mol. The first-order valence-electron chi connectivity index (χ1n) is 9.11. The second-order valence-electron chi connectivity index (χ2n) is 6.94. The van der Waals surface area contributed by atoms with Gasteiger partial charge in [-0.25, -0.2) is 14.4 Å². The number of aryl methyl sites for hydroxylation is 2. The topological polar surface area (TPSA) is 59.3 Å². The van der Waals surface area contributed by atoms with E-state index in [4.69, 9.17) is 0 Å². The summed E-state index contributed by atoms with van der Waals surface area (Å²) < 4.78 is 13.9. The lowest BCUT2D eigenvalue weighted by Gasteiger charge is -2.18. The Morgan fingerprint density at radius 1 is 1.04 bits per heavy atom. The molecule has 0 unspecified atom stereocenters. The van der Waals surface area contributed by atoms with Gasteiger partial charge in [0.1, 0.15) is 23.1 Å². The van der Waals surface area contributed by atoms with Crippen molar-refractivity contribution in [3.05, 3.63) is 95.1 Å². The molecule has 0 aliphatic heterocycles. The van der Waals surface area contributed by atoms with E-state index in [0.717, 1.165) is 22.5 Å². The van der Waals surface area contributed by atoms with Crippen LogP contribution in [0.2, 0.25) is 0 Å². The fraction of sp³-hybridized carbons (Fsp3) is 0.130. The molecule has 1 atom stereocenters. The number of halogens is 1. The Bertz CT molecular complexity index is 1160. The van der Waals surface area contributed by atoms with E-state index < -0.39 is 6.04 Å². The third-order valence-electron chi connectivity index (χ3n) is 4.76. The highest BCUT2D eigenvalue weighted by atomic mass is 19.1. The maximum Gasteiger partial charge on any atom is 0.273 e. The lowest BCUT2D eigenvalue weighted by molar-refractivity contribution is -0.361. The van der Waals surface area contributed by atoms with Gasteiger partial charge in [-0.2, -0.15) is 0 Å². The summed E-state index contributed by atoms with van der Waals surface area (Å²) in [6, 6.07) is 17.5. The lowest BCUT2D eigenvalue weighted by atomic mass is 9.96. The van der Waals surface area contributed by atoms with Crippen LogP contribution in [0.1, 0.15) is 28.4 Å². The molecule has 4 nitrogen and oxygen atoms in total. The Balaban J connectivity index is 1.87. The van der Waals surface area contributed by atoms with E-state index in [1.54, 1.807) is 6.07 Å². The van der Waals surface area contributed by atoms with Gasteiger partial charge in [-0.05, 0) is 49.7 Å². The van der Waals surface area contributed by atoms with Gasteiger partial charge < -0.3 is 5.11 Å². The number of nitrogens with one attached hydrogen (secondary N) is 2. The predicted octanol–water partition coefficient (Wildman–Crippen LogP) is 4.71. The van der Waals surface area contributed by atoms with Gasteiger partial charge in [0.25, 0.3) is 5.82 Å². The number of phenols is 1. The lowest BCUT2D eigenvalue weighted by Crippen LogP contribution is -2.19. The van der Waals surface area contributed by atoms with Crippen LogP contribution in [-0.4, -0.2) is 10.1 Å². The van der Waals surface area contributed by atoms with Gasteiger partial charge >= 0.3 is 0 Å². The van der Waals surface area contributed by atoms with Crippen LogP contribution in [0, 0.1) is 19.7 Å². The summed E-state index contributed by atoms with van der Waals surface area (Å²) in [5.74, 6) is 0.536. The number of hydrogen-bond donors (Lipinski definition) is 2. The van der Waals surface area contributed by atoms with Crippen LogP contribution in [0.25, 0.3) is 10.9 Å². The maximum atomic E-state index is 13.9. The Labute approximate surface area is 162 Å². The molecule has 0 radical (unpaired) electrons. The van der Waals surface area contributed by atoms with Crippen molar-refractivity contribution in [2.24, 2.45) is 0 Å². The van der Waals surface area contributed by atoms with Gasteiger partial charge in [-0.15, -0.1) is 0 Å². The summed E-state index contributed by atoms with van der Waals surface area (Å²) >= 11 is 0. The fourth-order valence-corrected chi connectivity index (χ4v) is 3.37. The standard InChI is InChI=1S/C23H20FN3O/c1-14-10-11-25-20(12-14)27-21(17-4-3-5-18(24)13-17)19-9-8-16-7-6-15(2)26-22(16)23(19)28/h3-13,21,28H,1-2H3,(H,25,27)/p+1/t21-/m1/s1. The van der Waals surface area contributed by atoms with E-state index >= 15 is 0 Å². The molecule has 0 bridgehead atoms. The number of aromatic nitrogens is 2. The molecule has 0 fully saturated rings. The number of hydrogen-bond acceptors (Lipinski definition) is 3. The van der Waals surface area contributed by atoms with Crippen LogP contribution in [0.3, 0.4) is 0 Å². The van der Waals surface area contributed by atoms with E-state index in [1.165, 1.54) is 12.1 Å². The van der Waals surface area contributed by atoms with Crippen LogP contribution in [-0.2, 0) is 0 Å². The van der Waals surface area contributed by atoms with Crippen LogP contribution >= 0.6 is 0 Å². The van der Waals surface area contributed by atoms with Gasteiger partial charge in [0.05, 0.1) is 6.20 Å². The molecule has 5 heteroatoms. The number of aromatic amines is 1. The van der Waals surface area contributed by atoms with Crippen molar-refractivity contribution >= 4 is 16.7 Å². The fourth-order valence-electron chi connectivity index (χ4n) is 3.37. The van der Waals surface area contributed by atoms with Crippen molar-refractivity contribution in [3.8, 4) is 5.75 Å². The van der Waals surface area contributed by atoms with Crippen molar-refractivity contribution in [3.63, 3.8) is 0 Å². The predicted molar refractivity (Wildman–Crippen MR) is 108 cm³/mol. The molecule has 2 aromatic heterocycles. The van der Waals surface area contributed by atoms with E-state index in [2.05, 4.69) is 15.3 Å². The third kappa shape index (κ3) is 3.51. The van der Waals surface area contributed by atoms with Crippen molar-refractivity contribution in [1.82, 2.24) is 4.98 Å². The highest BCUT2D eigenvalue weighted by molar-refractivity contribution is 5.86. The monoisotopic (exact) mass is 374 g/mol. The molecule has 140 valence electrons. The Morgan fingerprint density at radius 2 is 1.86 bits per heavy atom. The molecule has 0 aliphatic carbocycles. The number of phenolic OH excluding ortho intramolecular Hbond substituents is 1. The van der Waals surface area contributed by atoms with Gasteiger partial charge in [0.15, 0.2) is 0 Å². The van der Waals surface area contributed by atoms with Crippen molar-refractivity contribution in [2.75, 3.05) is 5.32 Å². The number of benzene rings is 2. The van der Waals surface area contributed by atoms with Crippen LogP contribution < -0.4 is 10.3 Å². The van der Waals surface area contributed by atoms with E-state index in [1.807, 2.05) is 62.5 Å². The maximum absolute atomic E-state index is 13.9. The number of nitrogens with zero attached hydrogens (tertiary/aromatic N) is 1. The molecule has 2 aromatic carbocycles. The summed E-state index contributed by atoms with van der Waals surface area (Å²) in [6.07, 6.45) is 1.84. The van der Waals surface area contributed by atoms with Crippen LogP contribution in [0.15, 0.2) is 66.9 Å². The molecule has 0 saturated carbocycles.